The molecule has 1 aliphatic carbocycles. The molecule has 0 atom stereocenters. The summed E-state index contributed by atoms with van der Waals surface area (Å²) in [6.45, 7) is 0. The van der Waals surface area contributed by atoms with E-state index in [1.807, 2.05) is 0 Å². The second kappa shape index (κ2) is 4.08. The Balaban J connectivity index is 2.39. The van der Waals surface area contributed by atoms with Crippen molar-refractivity contribution in [2.45, 2.75) is 0 Å². The molecule has 5 heteroatoms. The lowest BCUT2D eigenvalue weighted by Crippen LogP contribution is -2.21. The highest BCUT2D eigenvalue weighted by atomic mass is 35.5. The zero-order chi connectivity index (χ0) is 13.7. The fraction of sp³-hybridized carbons (Fsp3) is 0. The largest absolute Gasteiger partial charge is 0.508 e. The van der Waals surface area contributed by atoms with Crippen LogP contribution in [0.2, 0.25) is 10.0 Å². The van der Waals surface area contributed by atoms with Crippen LogP contribution in [0.25, 0.3) is 0 Å². The molecule has 0 aliphatic heterocycles. The molecule has 3 rings (SSSR count). The van der Waals surface area contributed by atoms with E-state index >= 15 is 0 Å². The molecule has 0 saturated carbocycles. The number of benzene rings is 2. The van der Waals surface area contributed by atoms with Gasteiger partial charge in [-0.3, -0.25) is 9.59 Å². The lowest BCUT2D eigenvalue weighted by Gasteiger charge is -2.19. The standard InChI is InChI=1S/C14H6Cl2O3/c15-9-3-4-10(16)12-11(9)13(18)7-2-1-6(17)5-8(7)14(12)19/h1-5,17H. The van der Waals surface area contributed by atoms with Gasteiger partial charge in [0.1, 0.15) is 5.75 Å². The summed E-state index contributed by atoms with van der Waals surface area (Å²) in [5.74, 6) is -0.855. The van der Waals surface area contributed by atoms with Crippen LogP contribution in [0.4, 0.5) is 0 Å². The van der Waals surface area contributed by atoms with Crippen molar-refractivity contribution >= 4 is 34.8 Å². The highest BCUT2D eigenvalue weighted by molar-refractivity contribution is 6.43. The number of rotatable bonds is 0. The molecule has 19 heavy (non-hydrogen) atoms. The molecule has 1 aliphatic rings. The van der Waals surface area contributed by atoms with Gasteiger partial charge in [-0.25, -0.2) is 0 Å². The number of phenols is 1. The summed E-state index contributed by atoms with van der Waals surface area (Å²) in [6, 6.07) is 6.98. The quantitative estimate of drug-likeness (QED) is 0.690. The number of hydrogen-bond acceptors (Lipinski definition) is 3. The molecule has 2 aromatic carbocycles. The van der Waals surface area contributed by atoms with Crippen LogP contribution in [-0.2, 0) is 0 Å². The highest BCUT2D eigenvalue weighted by Gasteiger charge is 2.33. The fourth-order valence-corrected chi connectivity index (χ4v) is 2.67. The Morgan fingerprint density at radius 3 is 1.89 bits per heavy atom. The van der Waals surface area contributed by atoms with Crippen molar-refractivity contribution in [2.24, 2.45) is 0 Å². The third-order valence-electron chi connectivity index (χ3n) is 3.05. The van der Waals surface area contributed by atoms with Crippen LogP contribution >= 0.6 is 23.2 Å². The molecule has 0 unspecified atom stereocenters. The second-order valence-electron chi connectivity index (χ2n) is 4.17. The summed E-state index contributed by atoms with van der Waals surface area (Å²) >= 11 is 12.0. The number of hydrogen-bond donors (Lipinski definition) is 1. The van der Waals surface area contributed by atoms with Crippen LogP contribution in [0.1, 0.15) is 31.8 Å². The Morgan fingerprint density at radius 1 is 0.789 bits per heavy atom. The number of aromatic hydroxyl groups is 1. The van der Waals surface area contributed by atoms with Gasteiger partial charge < -0.3 is 5.11 Å². The first-order chi connectivity index (χ1) is 9.00. The summed E-state index contributed by atoms with van der Waals surface area (Å²) in [6.07, 6.45) is 0. The first kappa shape index (κ1) is 12.2. The van der Waals surface area contributed by atoms with Crippen molar-refractivity contribution in [1.29, 1.82) is 0 Å². The van der Waals surface area contributed by atoms with E-state index in [0.29, 0.717) is 0 Å². The summed E-state index contributed by atoms with van der Waals surface area (Å²) < 4.78 is 0. The van der Waals surface area contributed by atoms with E-state index in [1.165, 1.54) is 30.3 Å². The van der Waals surface area contributed by atoms with Gasteiger partial charge in [0.05, 0.1) is 21.2 Å². The Kier molecular flexibility index (Phi) is 2.62. The van der Waals surface area contributed by atoms with Crippen molar-refractivity contribution in [3.63, 3.8) is 0 Å². The van der Waals surface area contributed by atoms with E-state index in [1.54, 1.807) is 0 Å². The number of halogens is 2. The van der Waals surface area contributed by atoms with E-state index in [2.05, 4.69) is 0 Å². The molecule has 2 aromatic rings. The van der Waals surface area contributed by atoms with Crippen LogP contribution in [0, 0.1) is 0 Å². The van der Waals surface area contributed by atoms with Gasteiger partial charge in [-0.15, -0.1) is 0 Å². The normalized spacial score (nSPS) is 13.2. The topological polar surface area (TPSA) is 54.4 Å². The van der Waals surface area contributed by atoms with E-state index in [9.17, 15) is 14.7 Å². The zero-order valence-corrected chi connectivity index (χ0v) is 10.9. The van der Waals surface area contributed by atoms with Crippen molar-refractivity contribution in [3.8, 4) is 5.75 Å². The van der Waals surface area contributed by atoms with Gasteiger partial charge in [0.15, 0.2) is 11.6 Å². The molecule has 94 valence electrons. The minimum atomic E-state index is -0.409. The molecule has 0 heterocycles. The van der Waals surface area contributed by atoms with Gasteiger partial charge in [-0.05, 0) is 30.3 Å². The summed E-state index contributed by atoms with van der Waals surface area (Å²) in [5.41, 5.74) is 0.579. The van der Waals surface area contributed by atoms with E-state index in [0.717, 1.165) is 0 Å². The Morgan fingerprint density at radius 2 is 1.32 bits per heavy atom. The van der Waals surface area contributed by atoms with E-state index in [-0.39, 0.29) is 43.8 Å². The molecule has 0 bridgehead atoms. The van der Waals surface area contributed by atoms with Gasteiger partial charge in [0.25, 0.3) is 0 Å². The monoisotopic (exact) mass is 292 g/mol. The molecular formula is C14H6Cl2O3. The van der Waals surface area contributed by atoms with Crippen LogP contribution in [0.5, 0.6) is 5.75 Å². The molecule has 0 amide bonds. The average molecular weight is 293 g/mol. The molecule has 0 radical (unpaired) electrons. The Labute approximate surface area is 118 Å². The number of ketones is 2. The molecule has 0 fully saturated rings. The minimum absolute atomic E-state index is 0.0819. The van der Waals surface area contributed by atoms with Gasteiger partial charge in [-0.1, -0.05) is 23.2 Å². The number of phenolic OH excluding ortho intramolecular Hbond substituents is 1. The maximum absolute atomic E-state index is 12.4. The number of fused-ring (bicyclic) bond motifs is 2. The molecule has 1 N–H and O–H groups in total. The van der Waals surface area contributed by atoms with Gasteiger partial charge in [0, 0.05) is 11.1 Å². The van der Waals surface area contributed by atoms with Gasteiger partial charge in [0.2, 0.25) is 0 Å². The average Bonchev–Trinajstić information content (AvgIpc) is 2.38. The van der Waals surface area contributed by atoms with Crippen LogP contribution in [0.15, 0.2) is 30.3 Å². The molecule has 0 aromatic heterocycles. The van der Waals surface area contributed by atoms with E-state index < -0.39 is 5.78 Å². The van der Waals surface area contributed by atoms with Crippen molar-refractivity contribution in [2.75, 3.05) is 0 Å². The number of carbonyl (C=O) groups excluding carboxylic acids is 2. The lowest BCUT2D eigenvalue weighted by molar-refractivity contribution is 0.0979. The van der Waals surface area contributed by atoms with Crippen LogP contribution in [-0.4, -0.2) is 16.7 Å². The summed E-state index contributed by atoms with van der Waals surface area (Å²) in [7, 11) is 0. The third kappa shape index (κ3) is 1.66. The maximum Gasteiger partial charge on any atom is 0.196 e. The predicted octanol–water partition coefficient (Wildman–Crippen LogP) is 3.47. The minimum Gasteiger partial charge on any atom is -0.508 e. The van der Waals surface area contributed by atoms with Crippen molar-refractivity contribution < 1.29 is 14.7 Å². The molecular weight excluding hydrogens is 287 g/mol. The van der Waals surface area contributed by atoms with Gasteiger partial charge in [-0.2, -0.15) is 0 Å². The number of carbonyl (C=O) groups is 2. The molecule has 0 saturated heterocycles. The zero-order valence-electron chi connectivity index (χ0n) is 9.41. The smallest absolute Gasteiger partial charge is 0.196 e. The van der Waals surface area contributed by atoms with Crippen molar-refractivity contribution in [3.05, 3.63) is 62.6 Å². The van der Waals surface area contributed by atoms with E-state index in [4.69, 9.17) is 23.2 Å². The van der Waals surface area contributed by atoms with Crippen molar-refractivity contribution in [1.82, 2.24) is 0 Å². The maximum atomic E-state index is 12.4. The molecule has 3 nitrogen and oxygen atoms in total. The summed E-state index contributed by atoms with van der Waals surface area (Å²) in [5, 5.41) is 9.81. The Hall–Kier alpha value is -1.84. The predicted molar refractivity (Wildman–Crippen MR) is 71.4 cm³/mol. The van der Waals surface area contributed by atoms with Crippen LogP contribution in [0.3, 0.4) is 0 Å². The van der Waals surface area contributed by atoms with Gasteiger partial charge >= 0.3 is 0 Å². The first-order valence-corrected chi connectivity index (χ1v) is 6.16. The molecule has 0 spiro atoms. The summed E-state index contributed by atoms with van der Waals surface area (Å²) in [4.78, 5) is 24.7. The fourth-order valence-electron chi connectivity index (χ4n) is 2.18. The lowest BCUT2D eigenvalue weighted by atomic mass is 9.84. The SMILES string of the molecule is O=C1c2ccc(O)cc2C(=O)c2c(Cl)ccc(Cl)c21. The third-order valence-corrected chi connectivity index (χ3v) is 3.68. The Bertz CT molecular complexity index is 751. The first-order valence-electron chi connectivity index (χ1n) is 5.41. The highest BCUT2D eigenvalue weighted by Crippen LogP contribution is 2.36. The second-order valence-corrected chi connectivity index (χ2v) is 4.98. The van der Waals surface area contributed by atoms with Crippen LogP contribution < -0.4 is 0 Å².